The minimum atomic E-state index is -3.63. The van der Waals surface area contributed by atoms with E-state index in [-0.39, 0.29) is 4.90 Å². The molecule has 0 bridgehead atoms. The van der Waals surface area contributed by atoms with Crippen molar-refractivity contribution in [2.24, 2.45) is 0 Å². The largest absolute Gasteiger partial charge is 0.348 e. The minimum absolute atomic E-state index is 0.205. The number of halogens is 1. The molecule has 0 aromatic heterocycles. The molecular weight excluding hydrogens is 382 g/mol. The molecule has 0 atom stereocenters. The van der Waals surface area contributed by atoms with Crippen molar-refractivity contribution >= 4 is 31.6 Å². The molecule has 0 radical (unpaired) electrons. The second-order valence-electron chi connectivity index (χ2n) is 5.11. The fraction of sp³-hybridized carbons (Fsp3) is 0.250. The van der Waals surface area contributed by atoms with Crippen molar-refractivity contribution in [2.75, 3.05) is 17.9 Å². The van der Waals surface area contributed by atoms with Gasteiger partial charge in [-0.1, -0.05) is 28.1 Å². The Morgan fingerprint density at radius 3 is 2.43 bits per heavy atom. The van der Waals surface area contributed by atoms with E-state index in [1.807, 2.05) is 6.07 Å². The first-order valence-electron chi connectivity index (χ1n) is 7.16. The lowest BCUT2D eigenvalue weighted by atomic mass is 10.2. The summed E-state index contributed by atoms with van der Waals surface area (Å²) < 4.78 is 39.3. The molecule has 2 aromatic rings. The van der Waals surface area contributed by atoms with E-state index in [0.29, 0.717) is 18.9 Å². The molecule has 1 N–H and O–H groups in total. The molecule has 1 fully saturated rings. The molecule has 2 aromatic carbocycles. The van der Waals surface area contributed by atoms with E-state index in [2.05, 4.69) is 20.7 Å². The first-order chi connectivity index (χ1) is 11.0. The predicted molar refractivity (Wildman–Crippen MR) is 90.7 cm³/mol. The first kappa shape index (κ1) is 16.4. The molecule has 0 unspecified atom stereocenters. The van der Waals surface area contributed by atoms with Gasteiger partial charge in [0, 0.05) is 15.7 Å². The highest BCUT2D eigenvalue weighted by Crippen LogP contribution is 2.26. The Morgan fingerprint density at radius 2 is 1.74 bits per heavy atom. The SMILES string of the molecule is O=S(=O)(Nc1cccc(C2OCCCO2)c1)c1ccc(Br)cc1. The van der Waals surface area contributed by atoms with Gasteiger partial charge in [0.25, 0.3) is 10.0 Å². The van der Waals surface area contributed by atoms with Crippen LogP contribution in [0.15, 0.2) is 57.9 Å². The van der Waals surface area contributed by atoms with Gasteiger partial charge in [-0.15, -0.1) is 0 Å². The van der Waals surface area contributed by atoms with E-state index in [0.717, 1.165) is 16.5 Å². The quantitative estimate of drug-likeness (QED) is 0.854. The fourth-order valence-electron chi connectivity index (χ4n) is 2.26. The molecule has 122 valence electrons. The molecule has 0 saturated carbocycles. The van der Waals surface area contributed by atoms with E-state index >= 15 is 0 Å². The van der Waals surface area contributed by atoms with Crippen LogP contribution in [0.1, 0.15) is 18.3 Å². The number of sulfonamides is 1. The molecule has 1 heterocycles. The summed E-state index contributed by atoms with van der Waals surface area (Å²) in [5.74, 6) is 0. The third-order valence-electron chi connectivity index (χ3n) is 3.36. The average Bonchev–Trinajstić information content (AvgIpc) is 2.56. The molecule has 5 nitrogen and oxygen atoms in total. The van der Waals surface area contributed by atoms with Crippen LogP contribution in [-0.4, -0.2) is 21.6 Å². The van der Waals surface area contributed by atoms with Gasteiger partial charge >= 0.3 is 0 Å². The summed E-state index contributed by atoms with van der Waals surface area (Å²) in [6, 6.07) is 13.5. The van der Waals surface area contributed by atoms with Crippen LogP contribution in [0.4, 0.5) is 5.69 Å². The maximum atomic E-state index is 12.4. The maximum Gasteiger partial charge on any atom is 0.261 e. The van der Waals surface area contributed by atoms with Crippen molar-refractivity contribution in [3.63, 3.8) is 0 Å². The van der Waals surface area contributed by atoms with E-state index in [1.54, 1.807) is 42.5 Å². The van der Waals surface area contributed by atoms with Crippen molar-refractivity contribution < 1.29 is 17.9 Å². The van der Waals surface area contributed by atoms with Gasteiger partial charge in [-0.05, 0) is 42.8 Å². The molecule has 1 saturated heterocycles. The van der Waals surface area contributed by atoms with Gasteiger partial charge < -0.3 is 9.47 Å². The van der Waals surface area contributed by atoms with Gasteiger partial charge in [-0.3, -0.25) is 4.72 Å². The Kier molecular flexibility index (Phi) is 5.01. The van der Waals surface area contributed by atoms with Crippen molar-refractivity contribution in [2.45, 2.75) is 17.6 Å². The summed E-state index contributed by atoms with van der Waals surface area (Å²) >= 11 is 3.29. The van der Waals surface area contributed by atoms with Gasteiger partial charge in [0.2, 0.25) is 0 Å². The van der Waals surface area contributed by atoms with Gasteiger partial charge in [0.05, 0.1) is 18.1 Å². The molecule has 3 rings (SSSR count). The summed E-state index contributed by atoms with van der Waals surface area (Å²) in [5.41, 5.74) is 1.27. The topological polar surface area (TPSA) is 64.6 Å². The number of nitrogens with one attached hydrogen (secondary N) is 1. The third-order valence-corrected chi connectivity index (χ3v) is 5.29. The number of anilines is 1. The Balaban J connectivity index is 1.80. The van der Waals surface area contributed by atoms with E-state index in [4.69, 9.17) is 9.47 Å². The summed E-state index contributed by atoms with van der Waals surface area (Å²) in [6.07, 6.45) is 0.424. The third kappa shape index (κ3) is 4.11. The van der Waals surface area contributed by atoms with Gasteiger partial charge in [0.15, 0.2) is 6.29 Å². The number of rotatable bonds is 4. The van der Waals surface area contributed by atoms with Crippen LogP contribution in [0.2, 0.25) is 0 Å². The maximum absolute atomic E-state index is 12.4. The second kappa shape index (κ2) is 7.00. The Morgan fingerprint density at radius 1 is 1.04 bits per heavy atom. The second-order valence-corrected chi connectivity index (χ2v) is 7.71. The highest BCUT2D eigenvalue weighted by molar-refractivity contribution is 9.10. The lowest BCUT2D eigenvalue weighted by molar-refractivity contribution is -0.183. The average molecular weight is 398 g/mol. The predicted octanol–water partition coefficient (Wildman–Crippen LogP) is 3.69. The Bertz CT molecular complexity index is 771. The lowest BCUT2D eigenvalue weighted by Crippen LogP contribution is -2.18. The molecule has 1 aliphatic heterocycles. The van der Waals surface area contributed by atoms with Crippen LogP contribution in [0.25, 0.3) is 0 Å². The van der Waals surface area contributed by atoms with Crippen molar-refractivity contribution in [3.8, 4) is 0 Å². The molecule has 0 spiro atoms. The summed E-state index contributed by atoms with van der Waals surface area (Å²) in [6.45, 7) is 1.28. The first-order valence-corrected chi connectivity index (χ1v) is 9.44. The number of ether oxygens (including phenoxy) is 2. The van der Waals surface area contributed by atoms with Gasteiger partial charge in [-0.25, -0.2) is 8.42 Å². The van der Waals surface area contributed by atoms with Crippen LogP contribution >= 0.6 is 15.9 Å². The van der Waals surface area contributed by atoms with E-state index in [1.165, 1.54) is 0 Å². The molecular formula is C16H16BrNO4S. The zero-order valence-electron chi connectivity index (χ0n) is 12.2. The molecule has 0 aliphatic carbocycles. The molecule has 23 heavy (non-hydrogen) atoms. The number of hydrogen-bond donors (Lipinski definition) is 1. The van der Waals surface area contributed by atoms with Crippen LogP contribution in [-0.2, 0) is 19.5 Å². The molecule has 1 aliphatic rings. The Labute approximate surface area is 143 Å². The summed E-state index contributed by atoms with van der Waals surface area (Å²) in [7, 11) is -3.63. The number of hydrogen-bond acceptors (Lipinski definition) is 4. The lowest BCUT2D eigenvalue weighted by Gasteiger charge is -2.23. The smallest absolute Gasteiger partial charge is 0.261 e. The standard InChI is InChI=1S/C16H16BrNO4S/c17-13-5-7-15(8-6-13)23(19,20)18-14-4-1-3-12(11-14)16-21-9-2-10-22-16/h1,3-8,11,16,18H,2,9-10H2. The highest BCUT2D eigenvalue weighted by Gasteiger charge is 2.18. The number of benzene rings is 2. The normalized spacial score (nSPS) is 16.2. The monoisotopic (exact) mass is 397 g/mol. The summed E-state index contributed by atoms with van der Waals surface area (Å²) in [4.78, 5) is 0.205. The minimum Gasteiger partial charge on any atom is -0.348 e. The van der Waals surface area contributed by atoms with Gasteiger partial charge in [-0.2, -0.15) is 0 Å². The van der Waals surface area contributed by atoms with Crippen LogP contribution in [0.5, 0.6) is 0 Å². The molecule has 0 amide bonds. The fourth-order valence-corrected chi connectivity index (χ4v) is 3.57. The highest BCUT2D eigenvalue weighted by atomic mass is 79.9. The van der Waals surface area contributed by atoms with E-state index in [9.17, 15) is 8.42 Å². The van der Waals surface area contributed by atoms with Crippen molar-refractivity contribution in [1.82, 2.24) is 0 Å². The van der Waals surface area contributed by atoms with Crippen molar-refractivity contribution in [1.29, 1.82) is 0 Å². The van der Waals surface area contributed by atoms with E-state index < -0.39 is 16.3 Å². The summed E-state index contributed by atoms with van der Waals surface area (Å²) in [5, 5.41) is 0. The zero-order valence-corrected chi connectivity index (χ0v) is 14.6. The Hall–Kier alpha value is -1.41. The van der Waals surface area contributed by atoms with Crippen molar-refractivity contribution in [3.05, 3.63) is 58.6 Å². The van der Waals surface area contributed by atoms with Crippen LogP contribution < -0.4 is 4.72 Å². The molecule has 7 heteroatoms. The van der Waals surface area contributed by atoms with Crippen LogP contribution in [0, 0.1) is 0 Å². The van der Waals surface area contributed by atoms with Gasteiger partial charge in [0.1, 0.15) is 0 Å². The zero-order chi connectivity index (χ0) is 16.3. The van der Waals surface area contributed by atoms with Crippen LogP contribution in [0.3, 0.4) is 0 Å².